The summed E-state index contributed by atoms with van der Waals surface area (Å²) < 4.78 is 0. The van der Waals surface area contributed by atoms with E-state index in [1.165, 1.54) is 19.3 Å². The Morgan fingerprint density at radius 2 is 2.00 bits per heavy atom. The number of rotatable bonds is 1. The fourth-order valence-corrected chi connectivity index (χ4v) is 1.99. The molecule has 2 heteroatoms. The lowest BCUT2D eigenvalue weighted by atomic mass is 9.78. The first-order valence-corrected chi connectivity index (χ1v) is 4.29. The van der Waals surface area contributed by atoms with Gasteiger partial charge in [-0.25, -0.2) is 0 Å². The van der Waals surface area contributed by atoms with Crippen molar-refractivity contribution < 1.29 is 5.11 Å². The molecule has 2 rings (SSSR count). The Kier molecular flexibility index (Phi) is 1.66. The van der Waals surface area contributed by atoms with Gasteiger partial charge in [-0.15, -0.1) is 0 Å². The molecule has 10 heavy (non-hydrogen) atoms. The molecule has 2 fully saturated rings. The minimum Gasteiger partial charge on any atom is -0.391 e. The molecule has 1 aliphatic carbocycles. The predicted octanol–water partition coefficient (Wildman–Crippen LogP) is 0.509. The maximum Gasteiger partial charge on any atom is 0.0708 e. The topological polar surface area (TPSA) is 32.3 Å². The van der Waals surface area contributed by atoms with Gasteiger partial charge in [0.15, 0.2) is 0 Å². The van der Waals surface area contributed by atoms with Crippen molar-refractivity contribution >= 4 is 0 Å². The lowest BCUT2D eigenvalue weighted by Crippen LogP contribution is -2.41. The third-order valence-corrected chi connectivity index (χ3v) is 2.89. The Balaban J connectivity index is 1.90. The summed E-state index contributed by atoms with van der Waals surface area (Å²) in [5, 5.41) is 12.8. The van der Waals surface area contributed by atoms with E-state index in [1.54, 1.807) is 0 Å². The lowest BCUT2D eigenvalue weighted by molar-refractivity contribution is 0.102. The van der Waals surface area contributed by atoms with Crippen molar-refractivity contribution in [2.24, 2.45) is 5.92 Å². The zero-order valence-corrected chi connectivity index (χ0v) is 6.21. The maximum atomic E-state index is 9.46. The number of nitrogens with one attached hydrogen (secondary N) is 1. The number of hydrogen-bond donors (Lipinski definition) is 2. The van der Waals surface area contributed by atoms with Crippen molar-refractivity contribution in [3.05, 3.63) is 0 Å². The Bertz CT molecular complexity index is 122. The average molecular weight is 141 g/mol. The summed E-state index contributed by atoms with van der Waals surface area (Å²) >= 11 is 0. The zero-order chi connectivity index (χ0) is 6.97. The first-order valence-electron chi connectivity index (χ1n) is 4.29. The lowest BCUT2D eigenvalue weighted by Gasteiger charge is -2.33. The van der Waals surface area contributed by atoms with Gasteiger partial charge in [-0.05, 0) is 31.7 Å². The first kappa shape index (κ1) is 6.62. The van der Waals surface area contributed by atoms with Crippen LogP contribution in [-0.2, 0) is 0 Å². The van der Waals surface area contributed by atoms with Gasteiger partial charge in [0, 0.05) is 6.04 Å². The van der Waals surface area contributed by atoms with Crippen LogP contribution in [0.4, 0.5) is 0 Å². The van der Waals surface area contributed by atoms with Crippen molar-refractivity contribution in [3.63, 3.8) is 0 Å². The van der Waals surface area contributed by atoms with E-state index >= 15 is 0 Å². The standard InChI is InChI=1S/C8H15NO/c10-7-4-5-9-8(7)6-2-1-3-6/h6-10H,1-5H2. The van der Waals surface area contributed by atoms with E-state index in [4.69, 9.17) is 0 Å². The summed E-state index contributed by atoms with van der Waals surface area (Å²) in [5.41, 5.74) is 0. The van der Waals surface area contributed by atoms with Crippen LogP contribution in [0.25, 0.3) is 0 Å². The minimum atomic E-state index is -0.0506. The second-order valence-corrected chi connectivity index (χ2v) is 3.53. The fraction of sp³-hybridized carbons (Fsp3) is 1.00. The van der Waals surface area contributed by atoms with Gasteiger partial charge in [-0.1, -0.05) is 6.42 Å². The molecule has 1 aliphatic heterocycles. The second kappa shape index (κ2) is 2.51. The van der Waals surface area contributed by atoms with Crippen molar-refractivity contribution in [1.82, 2.24) is 5.32 Å². The highest BCUT2D eigenvalue weighted by Crippen LogP contribution is 2.32. The van der Waals surface area contributed by atoms with Gasteiger partial charge >= 0.3 is 0 Å². The van der Waals surface area contributed by atoms with Crippen LogP contribution in [0.5, 0.6) is 0 Å². The quantitative estimate of drug-likeness (QED) is 0.557. The fourth-order valence-electron chi connectivity index (χ4n) is 1.99. The number of aliphatic hydroxyl groups is 1. The van der Waals surface area contributed by atoms with Gasteiger partial charge in [-0.3, -0.25) is 0 Å². The second-order valence-electron chi connectivity index (χ2n) is 3.53. The van der Waals surface area contributed by atoms with Gasteiger partial charge in [0.2, 0.25) is 0 Å². The highest BCUT2D eigenvalue weighted by Gasteiger charge is 2.34. The highest BCUT2D eigenvalue weighted by molar-refractivity contribution is 4.91. The highest BCUT2D eigenvalue weighted by atomic mass is 16.3. The average Bonchev–Trinajstić information content (AvgIpc) is 2.12. The SMILES string of the molecule is OC1CCNC1C1CCC1. The Labute approximate surface area is 61.6 Å². The normalized spacial score (nSPS) is 41.7. The molecule has 58 valence electrons. The van der Waals surface area contributed by atoms with Crippen LogP contribution in [0.15, 0.2) is 0 Å². The van der Waals surface area contributed by atoms with Crippen molar-refractivity contribution in [3.8, 4) is 0 Å². The molecule has 0 spiro atoms. The molecular weight excluding hydrogens is 126 g/mol. The molecule has 1 heterocycles. The molecule has 1 saturated carbocycles. The smallest absolute Gasteiger partial charge is 0.0708 e. The van der Waals surface area contributed by atoms with E-state index in [9.17, 15) is 5.11 Å². The maximum absolute atomic E-state index is 9.46. The zero-order valence-electron chi connectivity index (χ0n) is 6.21. The van der Waals surface area contributed by atoms with Crippen LogP contribution in [-0.4, -0.2) is 23.8 Å². The van der Waals surface area contributed by atoms with E-state index in [1.807, 2.05) is 0 Å². The number of aliphatic hydroxyl groups excluding tert-OH is 1. The summed E-state index contributed by atoms with van der Waals surface area (Å²) in [6.45, 7) is 1.02. The molecule has 2 atom stereocenters. The minimum absolute atomic E-state index is 0.0506. The molecule has 1 saturated heterocycles. The molecule has 2 aliphatic rings. The van der Waals surface area contributed by atoms with E-state index in [2.05, 4.69) is 5.32 Å². The van der Waals surface area contributed by atoms with E-state index in [0.29, 0.717) is 6.04 Å². The third kappa shape index (κ3) is 0.956. The summed E-state index contributed by atoms with van der Waals surface area (Å²) in [6, 6.07) is 0.439. The van der Waals surface area contributed by atoms with Gasteiger partial charge in [-0.2, -0.15) is 0 Å². The summed E-state index contributed by atoms with van der Waals surface area (Å²) in [7, 11) is 0. The van der Waals surface area contributed by atoms with Crippen molar-refractivity contribution in [2.75, 3.05) is 6.54 Å². The van der Waals surface area contributed by atoms with Gasteiger partial charge < -0.3 is 10.4 Å². The van der Waals surface area contributed by atoms with Crippen molar-refractivity contribution in [2.45, 2.75) is 37.8 Å². The molecule has 0 aromatic heterocycles. The van der Waals surface area contributed by atoms with E-state index < -0.39 is 0 Å². The molecule has 2 nitrogen and oxygen atoms in total. The van der Waals surface area contributed by atoms with Crippen LogP contribution in [0.2, 0.25) is 0 Å². The Morgan fingerprint density at radius 1 is 1.20 bits per heavy atom. The summed E-state index contributed by atoms with van der Waals surface area (Å²) in [4.78, 5) is 0. The predicted molar refractivity (Wildman–Crippen MR) is 39.8 cm³/mol. The third-order valence-electron chi connectivity index (χ3n) is 2.89. The monoisotopic (exact) mass is 141 g/mol. The molecule has 2 N–H and O–H groups in total. The summed E-state index contributed by atoms with van der Waals surface area (Å²) in [5.74, 6) is 0.789. The Hall–Kier alpha value is -0.0800. The van der Waals surface area contributed by atoms with Crippen LogP contribution >= 0.6 is 0 Å². The Morgan fingerprint density at radius 3 is 2.40 bits per heavy atom. The van der Waals surface area contributed by atoms with Gasteiger partial charge in [0.25, 0.3) is 0 Å². The molecule has 0 bridgehead atoms. The largest absolute Gasteiger partial charge is 0.391 e. The molecule has 0 aromatic rings. The molecule has 0 aromatic carbocycles. The van der Waals surface area contributed by atoms with Crippen molar-refractivity contribution in [1.29, 1.82) is 0 Å². The van der Waals surface area contributed by atoms with Crippen LogP contribution in [0.1, 0.15) is 25.7 Å². The molecule has 0 radical (unpaired) electrons. The number of hydrogen-bond acceptors (Lipinski definition) is 2. The molecule has 2 unspecified atom stereocenters. The van der Waals surface area contributed by atoms with Gasteiger partial charge in [0.1, 0.15) is 0 Å². The van der Waals surface area contributed by atoms with Crippen LogP contribution in [0, 0.1) is 5.92 Å². The van der Waals surface area contributed by atoms with Crippen LogP contribution < -0.4 is 5.32 Å². The van der Waals surface area contributed by atoms with Crippen LogP contribution in [0.3, 0.4) is 0 Å². The van der Waals surface area contributed by atoms with E-state index in [-0.39, 0.29) is 6.10 Å². The van der Waals surface area contributed by atoms with E-state index in [0.717, 1.165) is 18.9 Å². The molecular formula is C8H15NO. The summed E-state index contributed by atoms with van der Waals surface area (Å²) in [6.07, 6.45) is 4.94. The molecule has 0 amide bonds. The first-order chi connectivity index (χ1) is 4.88. The van der Waals surface area contributed by atoms with Gasteiger partial charge in [0.05, 0.1) is 6.10 Å².